The summed E-state index contributed by atoms with van der Waals surface area (Å²) < 4.78 is 0. The lowest BCUT2D eigenvalue weighted by Crippen LogP contribution is -2.28. The second-order valence-corrected chi connectivity index (χ2v) is 5.14. The van der Waals surface area contributed by atoms with Gasteiger partial charge in [0.15, 0.2) is 0 Å². The molecule has 0 bridgehead atoms. The summed E-state index contributed by atoms with van der Waals surface area (Å²) in [7, 11) is 0. The van der Waals surface area contributed by atoms with Gasteiger partial charge in [0.1, 0.15) is 0 Å². The van der Waals surface area contributed by atoms with Crippen LogP contribution in [0.15, 0.2) is 6.20 Å². The predicted molar refractivity (Wildman–Crippen MR) is 64.1 cm³/mol. The highest BCUT2D eigenvalue weighted by Gasteiger charge is 2.06. The fourth-order valence-electron chi connectivity index (χ4n) is 1.46. The normalized spacial score (nSPS) is 15.2. The van der Waals surface area contributed by atoms with Crippen molar-refractivity contribution >= 4 is 11.3 Å². The van der Waals surface area contributed by atoms with Crippen LogP contribution < -0.4 is 5.32 Å². The molecule has 1 aromatic rings. The Morgan fingerprint density at radius 3 is 2.80 bits per heavy atom. The fourth-order valence-corrected chi connectivity index (χ4v) is 2.28. The molecule has 1 rings (SSSR count). The summed E-state index contributed by atoms with van der Waals surface area (Å²) >= 11 is 1.76. The van der Waals surface area contributed by atoms with E-state index < -0.39 is 0 Å². The van der Waals surface area contributed by atoms with E-state index in [1.807, 2.05) is 13.1 Å². The first-order chi connectivity index (χ1) is 7.11. The maximum absolute atomic E-state index is 9.21. The van der Waals surface area contributed by atoms with Crippen LogP contribution in [0.5, 0.6) is 0 Å². The summed E-state index contributed by atoms with van der Waals surface area (Å²) in [5, 5.41) is 13.8. The molecule has 3 nitrogen and oxygen atoms in total. The molecule has 0 aliphatic carbocycles. The number of aliphatic hydroxyl groups excluding tert-OH is 1. The van der Waals surface area contributed by atoms with Crippen LogP contribution in [0.1, 0.15) is 37.1 Å². The number of nitrogens with zero attached hydrogens (tertiary/aromatic N) is 1. The van der Waals surface area contributed by atoms with E-state index in [0.29, 0.717) is 6.04 Å². The summed E-state index contributed by atoms with van der Waals surface area (Å²) in [6.45, 7) is 6.88. The number of hydrogen-bond acceptors (Lipinski definition) is 4. The molecule has 0 aliphatic rings. The highest BCUT2D eigenvalue weighted by atomic mass is 32.1. The maximum Gasteiger partial charge on any atom is 0.0925 e. The minimum absolute atomic E-state index is 0.236. The van der Waals surface area contributed by atoms with Gasteiger partial charge in [0.05, 0.1) is 11.1 Å². The molecule has 0 saturated heterocycles. The molecule has 0 aliphatic heterocycles. The van der Waals surface area contributed by atoms with Gasteiger partial charge in [0.2, 0.25) is 0 Å². The van der Waals surface area contributed by atoms with Crippen LogP contribution in [0, 0.1) is 0 Å². The largest absolute Gasteiger partial charge is 0.393 e. The van der Waals surface area contributed by atoms with Crippen LogP contribution in [0.2, 0.25) is 0 Å². The van der Waals surface area contributed by atoms with E-state index in [4.69, 9.17) is 0 Å². The molecular weight excluding hydrogens is 208 g/mol. The molecule has 2 unspecified atom stereocenters. The molecule has 0 aromatic carbocycles. The summed E-state index contributed by atoms with van der Waals surface area (Å²) in [5.41, 5.74) is 0. The lowest BCUT2D eigenvalue weighted by atomic mass is 10.1. The van der Waals surface area contributed by atoms with Crippen molar-refractivity contribution in [2.45, 2.75) is 52.3 Å². The second-order valence-electron chi connectivity index (χ2n) is 3.94. The van der Waals surface area contributed by atoms with Crippen molar-refractivity contribution in [2.75, 3.05) is 0 Å². The minimum atomic E-state index is -0.236. The van der Waals surface area contributed by atoms with E-state index in [1.165, 1.54) is 9.88 Å². The molecule has 0 spiro atoms. The molecule has 4 heteroatoms. The summed E-state index contributed by atoms with van der Waals surface area (Å²) in [6, 6.07) is 0.345. The van der Waals surface area contributed by atoms with Crippen LogP contribution in [0.3, 0.4) is 0 Å². The number of thiazole rings is 1. The number of rotatable bonds is 6. The van der Waals surface area contributed by atoms with Gasteiger partial charge < -0.3 is 10.4 Å². The lowest BCUT2D eigenvalue weighted by molar-refractivity contribution is 0.170. The molecule has 2 N–H and O–H groups in total. The van der Waals surface area contributed by atoms with Crippen LogP contribution >= 0.6 is 11.3 Å². The fraction of sp³-hybridized carbons (Fsp3) is 0.727. The number of aryl methyl sites for hydroxylation is 1. The first-order valence-electron chi connectivity index (χ1n) is 5.46. The molecule has 0 saturated carbocycles. The van der Waals surface area contributed by atoms with E-state index in [0.717, 1.165) is 19.4 Å². The van der Waals surface area contributed by atoms with Crippen LogP contribution in [-0.4, -0.2) is 22.2 Å². The molecule has 0 radical (unpaired) electrons. The van der Waals surface area contributed by atoms with Crippen molar-refractivity contribution in [1.29, 1.82) is 0 Å². The first-order valence-corrected chi connectivity index (χ1v) is 6.28. The average Bonchev–Trinajstić information content (AvgIpc) is 2.61. The predicted octanol–water partition coefficient (Wildman–Crippen LogP) is 1.95. The van der Waals surface area contributed by atoms with Crippen molar-refractivity contribution < 1.29 is 5.11 Å². The van der Waals surface area contributed by atoms with Gasteiger partial charge in [-0.25, -0.2) is 4.98 Å². The Bertz CT molecular complexity index is 286. The van der Waals surface area contributed by atoms with Gasteiger partial charge in [0, 0.05) is 23.7 Å². The Labute approximate surface area is 95.6 Å². The second kappa shape index (κ2) is 6.20. The molecular formula is C11H20N2OS. The van der Waals surface area contributed by atoms with Gasteiger partial charge in [-0.2, -0.15) is 0 Å². The highest BCUT2D eigenvalue weighted by Crippen LogP contribution is 2.13. The third kappa shape index (κ3) is 4.73. The molecule has 86 valence electrons. The van der Waals surface area contributed by atoms with E-state index in [9.17, 15) is 5.11 Å². The molecule has 0 fully saturated rings. The van der Waals surface area contributed by atoms with Gasteiger partial charge in [-0.15, -0.1) is 11.3 Å². The smallest absolute Gasteiger partial charge is 0.0925 e. The topological polar surface area (TPSA) is 45.2 Å². The third-order valence-electron chi connectivity index (χ3n) is 2.22. The zero-order valence-corrected chi connectivity index (χ0v) is 10.5. The van der Waals surface area contributed by atoms with Gasteiger partial charge in [-0.3, -0.25) is 0 Å². The Morgan fingerprint density at radius 1 is 1.53 bits per heavy atom. The van der Waals surface area contributed by atoms with Crippen molar-refractivity contribution in [3.8, 4) is 0 Å². The van der Waals surface area contributed by atoms with E-state index >= 15 is 0 Å². The van der Waals surface area contributed by atoms with E-state index in [-0.39, 0.29) is 6.10 Å². The lowest BCUT2D eigenvalue weighted by Gasteiger charge is -2.14. The van der Waals surface area contributed by atoms with Crippen molar-refractivity contribution in [3.63, 3.8) is 0 Å². The highest BCUT2D eigenvalue weighted by molar-refractivity contribution is 7.11. The van der Waals surface area contributed by atoms with Crippen LogP contribution in [0.25, 0.3) is 0 Å². The van der Waals surface area contributed by atoms with Gasteiger partial charge in [0.25, 0.3) is 0 Å². The summed E-state index contributed by atoms with van der Waals surface area (Å²) in [4.78, 5) is 5.57. The Balaban J connectivity index is 2.30. The number of hydrogen-bond donors (Lipinski definition) is 2. The maximum atomic E-state index is 9.21. The standard InChI is InChI=1S/C11H20N2OS/c1-4-11-13-7-10(15-11)6-12-8(2)5-9(3)14/h7-9,12,14H,4-6H2,1-3H3. The third-order valence-corrected chi connectivity index (χ3v) is 3.36. The van der Waals surface area contributed by atoms with Crippen LogP contribution in [-0.2, 0) is 13.0 Å². The minimum Gasteiger partial charge on any atom is -0.393 e. The zero-order chi connectivity index (χ0) is 11.3. The average molecular weight is 228 g/mol. The molecule has 1 heterocycles. The van der Waals surface area contributed by atoms with Gasteiger partial charge in [-0.05, 0) is 26.7 Å². The van der Waals surface area contributed by atoms with Gasteiger partial charge >= 0.3 is 0 Å². The summed E-state index contributed by atoms with van der Waals surface area (Å²) in [6.07, 6.45) is 3.50. The Morgan fingerprint density at radius 2 is 2.27 bits per heavy atom. The van der Waals surface area contributed by atoms with Gasteiger partial charge in [-0.1, -0.05) is 6.92 Å². The first kappa shape index (κ1) is 12.6. The SMILES string of the molecule is CCc1ncc(CNC(C)CC(C)O)s1. The van der Waals surface area contributed by atoms with E-state index in [2.05, 4.69) is 24.1 Å². The molecule has 0 amide bonds. The van der Waals surface area contributed by atoms with Crippen molar-refractivity contribution in [1.82, 2.24) is 10.3 Å². The Hall–Kier alpha value is -0.450. The number of nitrogens with one attached hydrogen (secondary N) is 1. The molecule has 15 heavy (non-hydrogen) atoms. The molecule has 2 atom stereocenters. The quantitative estimate of drug-likeness (QED) is 0.782. The van der Waals surface area contributed by atoms with Crippen molar-refractivity contribution in [2.24, 2.45) is 0 Å². The van der Waals surface area contributed by atoms with Crippen LogP contribution in [0.4, 0.5) is 0 Å². The molecule has 1 aromatic heterocycles. The monoisotopic (exact) mass is 228 g/mol. The zero-order valence-electron chi connectivity index (χ0n) is 9.66. The number of aliphatic hydroxyl groups is 1. The number of aromatic nitrogens is 1. The van der Waals surface area contributed by atoms with E-state index in [1.54, 1.807) is 11.3 Å². The summed E-state index contributed by atoms with van der Waals surface area (Å²) in [5.74, 6) is 0. The van der Waals surface area contributed by atoms with Crippen molar-refractivity contribution in [3.05, 3.63) is 16.1 Å². The Kier molecular flexibility index (Phi) is 5.22.